The first-order chi connectivity index (χ1) is 17.7. The van der Waals surface area contributed by atoms with Crippen LogP contribution in [0.1, 0.15) is 22.8 Å². The van der Waals surface area contributed by atoms with Crippen molar-refractivity contribution in [3.8, 4) is 28.5 Å². The number of ether oxygens (including phenoxy) is 2. The smallest absolute Gasteiger partial charge is 0.219 e. The highest BCUT2D eigenvalue weighted by Gasteiger charge is 2.37. The number of pyridine rings is 1. The topological polar surface area (TPSA) is 63.9 Å². The first kappa shape index (κ1) is 20.7. The van der Waals surface area contributed by atoms with Crippen molar-refractivity contribution in [2.45, 2.75) is 18.6 Å². The van der Waals surface area contributed by atoms with Gasteiger partial charge in [-0.05, 0) is 53.4 Å². The maximum absolute atomic E-state index is 10.2. The van der Waals surface area contributed by atoms with E-state index in [1.165, 1.54) is 22.3 Å². The second-order valence-corrected chi connectivity index (χ2v) is 9.12. The third-order valence-electron chi connectivity index (χ3n) is 6.85. The number of rotatable bonds is 3. The molecule has 174 valence electrons. The van der Waals surface area contributed by atoms with Gasteiger partial charge in [0.2, 0.25) is 11.8 Å². The van der Waals surface area contributed by atoms with Gasteiger partial charge in [-0.25, -0.2) is 9.98 Å². The predicted octanol–water partition coefficient (Wildman–Crippen LogP) is 6.84. The normalized spacial score (nSPS) is 17.8. The summed E-state index contributed by atoms with van der Waals surface area (Å²) in [6, 6.07) is 33.7. The van der Waals surface area contributed by atoms with Gasteiger partial charge in [-0.2, -0.15) is 0 Å². The highest BCUT2D eigenvalue weighted by molar-refractivity contribution is 5.96. The van der Waals surface area contributed by atoms with E-state index in [0.717, 1.165) is 17.4 Å². The molecule has 1 aliphatic carbocycles. The highest BCUT2D eigenvalue weighted by Crippen LogP contribution is 2.43. The molecule has 2 atom stereocenters. The summed E-state index contributed by atoms with van der Waals surface area (Å²) in [5.74, 6) is 1.78. The molecule has 2 aliphatic rings. The molecule has 7 rings (SSSR count). The molecular formula is C31H22N2O3. The Balaban J connectivity index is 1.21. The van der Waals surface area contributed by atoms with Crippen LogP contribution < -0.4 is 4.74 Å². The van der Waals surface area contributed by atoms with E-state index in [-0.39, 0.29) is 17.9 Å². The van der Waals surface area contributed by atoms with Crippen LogP contribution in [0, 0.1) is 0 Å². The Labute approximate surface area is 208 Å². The molecule has 5 heteroatoms. The maximum Gasteiger partial charge on any atom is 0.219 e. The molecule has 0 radical (unpaired) electrons. The van der Waals surface area contributed by atoms with E-state index in [1.54, 1.807) is 18.2 Å². The number of aromatic hydroxyl groups is 1. The maximum atomic E-state index is 10.2. The zero-order valence-electron chi connectivity index (χ0n) is 19.3. The molecule has 36 heavy (non-hydrogen) atoms. The molecule has 5 aromatic rings. The number of aliphatic imine (C=N–C) groups is 1. The van der Waals surface area contributed by atoms with E-state index in [0.29, 0.717) is 23.0 Å². The fourth-order valence-electron chi connectivity index (χ4n) is 5.17. The van der Waals surface area contributed by atoms with Crippen molar-refractivity contribution >= 4 is 16.8 Å². The number of nitrogens with zero attached hydrogens (tertiary/aromatic N) is 2. The van der Waals surface area contributed by atoms with Crippen LogP contribution in [0.4, 0.5) is 0 Å². The minimum absolute atomic E-state index is 0.000459. The number of phenolic OH excluding ortho intramolecular Hbond substituents is 1. The number of para-hydroxylation sites is 1. The first-order valence-corrected chi connectivity index (χ1v) is 12.0. The van der Waals surface area contributed by atoms with Crippen LogP contribution in [0.15, 0.2) is 108 Å². The minimum Gasteiger partial charge on any atom is -0.506 e. The van der Waals surface area contributed by atoms with Crippen LogP contribution in [-0.2, 0) is 11.2 Å². The van der Waals surface area contributed by atoms with Gasteiger partial charge in [0, 0.05) is 22.6 Å². The van der Waals surface area contributed by atoms with Gasteiger partial charge in [0.25, 0.3) is 0 Å². The summed E-state index contributed by atoms with van der Waals surface area (Å²) < 4.78 is 12.6. The molecule has 5 nitrogen and oxygen atoms in total. The van der Waals surface area contributed by atoms with Crippen molar-refractivity contribution in [3.63, 3.8) is 0 Å². The van der Waals surface area contributed by atoms with Crippen molar-refractivity contribution in [3.05, 3.63) is 120 Å². The van der Waals surface area contributed by atoms with Crippen LogP contribution >= 0.6 is 0 Å². The van der Waals surface area contributed by atoms with E-state index in [1.807, 2.05) is 36.4 Å². The monoisotopic (exact) mass is 470 g/mol. The number of phenols is 1. The largest absolute Gasteiger partial charge is 0.506 e. The van der Waals surface area contributed by atoms with Gasteiger partial charge in [-0.3, -0.25) is 0 Å². The van der Waals surface area contributed by atoms with Gasteiger partial charge in [0.05, 0.1) is 6.04 Å². The summed E-state index contributed by atoms with van der Waals surface area (Å²) in [5.41, 5.74) is 6.28. The molecule has 4 aromatic carbocycles. The Morgan fingerprint density at radius 1 is 0.806 bits per heavy atom. The Kier molecular flexibility index (Phi) is 4.74. The second kappa shape index (κ2) is 8.24. The summed E-state index contributed by atoms with van der Waals surface area (Å²) in [6.45, 7) is 0. The highest BCUT2D eigenvalue weighted by atomic mass is 16.5. The molecular weight excluding hydrogens is 448 g/mol. The van der Waals surface area contributed by atoms with E-state index < -0.39 is 0 Å². The zero-order valence-corrected chi connectivity index (χ0v) is 19.3. The van der Waals surface area contributed by atoms with Gasteiger partial charge in [-0.15, -0.1) is 0 Å². The van der Waals surface area contributed by atoms with E-state index in [2.05, 4.69) is 53.5 Å². The number of hydrogen-bond donors (Lipinski definition) is 1. The van der Waals surface area contributed by atoms with Gasteiger partial charge in [-0.1, -0.05) is 66.7 Å². The van der Waals surface area contributed by atoms with Crippen LogP contribution in [0.2, 0.25) is 0 Å². The molecule has 0 fully saturated rings. The van der Waals surface area contributed by atoms with Crippen LogP contribution in [0.25, 0.3) is 22.0 Å². The van der Waals surface area contributed by atoms with Crippen LogP contribution in [0.5, 0.6) is 17.4 Å². The molecule has 0 spiro atoms. The summed E-state index contributed by atoms with van der Waals surface area (Å²) in [7, 11) is 0. The van der Waals surface area contributed by atoms with Gasteiger partial charge < -0.3 is 14.6 Å². The average Bonchev–Trinajstić information content (AvgIpc) is 3.28. The summed E-state index contributed by atoms with van der Waals surface area (Å²) in [6.07, 6.45) is 0.679. The van der Waals surface area contributed by atoms with Crippen LogP contribution in [0.3, 0.4) is 0 Å². The molecule has 1 aliphatic heterocycles. The van der Waals surface area contributed by atoms with Crippen molar-refractivity contribution < 1.29 is 14.6 Å². The third kappa shape index (κ3) is 3.48. The standard InChI is InChI=1S/C31H22N2O3/c34-27-14-6-8-19-15-16-28(33-29(19)27)35-22-10-5-9-21(17-22)31-32-26-18-20-7-1-2-11-23(20)24-12-3-4-13-25(24)30(26)36-31/h1-17,26,30,34H,18H2/t26-,30+/m0/s1. The Bertz CT molecular complexity index is 1660. The first-order valence-electron chi connectivity index (χ1n) is 12.0. The van der Waals surface area contributed by atoms with Crippen molar-refractivity contribution in [2.24, 2.45) is 4.99 Å². The van der Waals surface area contributed by atoms with Crippen molar-refractivity contribution in [1.82, 2.24) is 4.98 Å². The van der Waals surface area contributed by atoms with Crippen molar-refractivity contribution in [2.75, 3.05) is 0 Å². The Morgan fingerprint density at radius 2 is 1.64 bits per heavy atom. The quantitative estimate of drug-likeness (QED) is 0.313. The number of benzene rings is 4. The van der Waals surface area contributed by atoms with Gasteiger partial charge in [0.15, 0.2) is 0 Å². The zero-order chi connectivity index (χ0) is 24.1. The lowest BCUT2D eigenvalue weighted by atomic mass is 9.96. The molecule has 0 unspecified atom stereocenters. The lowest BCUT2D eigenvalue weighted by molar-refractivity contribution is 0.197. The summed E-state index contributed by atoms with van der Waals surface area (Å²) in [4.78, 5) is 9.51. The molecule has 1 N–H and O–H groups in total. The molecule has 0 saturated carbocycles. The number of hydrogen-bond acceptors (Lipinski definition) is 5. The second-order valence-electron chi connectivity index (χ2n) is 9.12. The van der Waals surface area contributed by atoms with Crippen LogP contribution in [-0.4, -0.2) is 22.0 Å². The SMILES string of the molecule is Oc1cccc2ccc(Oc3cccc(C4=N[C@H]5Cc6ccccc6-c6ccccc6[C@H]5O4)c3)nc12. The van der Waals surface area contributed by atoms with E-state index in [4.69, 9.17) is 14.5 Å². The molecule has 0 saturated heterocycles. The third-order valence-corrected chi connectivity index (χ3v) is 6.85. The van der Waals surface area contributed by atoms with E-state index in [9.17, 15) is 5.11 Å². The molecule has 0 bridgehead atoms. The molecule has 2 heterocycles. The number of fused-ring (bicyclic) bond motifs is 6. The average molecular weight is 471 g/mol. The molecule has 1 aromatic heterocycles. The summed E-state index contributed by atoms with van der Waals surface area (Å²) >= 11 is 0. The van der Waals surface area contributed by atoms with Gasteiger partial charge in [0.1, 0.15) is 23.1 Å². The Morgan fingerprint density at radius 3 is 2.58 bits per heavy atom. The minimum atomic E-state index is -0.140. The lowest BCUT2D eigenvalue weighted by Gasteiger charge is -2.17. The Hall–Kier alpha value is -4.64. The lowest BCUT2D eigenvalue weighted by Crippen LogP contribution is -2.15. The number of aromatic nitrogens is 1. The molecule has 0 amide bonds. The van der Waals surface area contributed by atoms with Gasteiger partial charge >= 0.3 is 0 Å². The van der Waals surface area contributed by atoms with E-state index >= 15 is 0 Å². The fourth-order valence-corrected chi connectivity index (χ4v) is 5.17. The predicted molar refractivity (Wildman–Crippen MR) is 140 cm³/mol. The van der Waals surface area contributed by atoms with Crippen molar-refractivity contribution in [1.29, 1.82) is 0 Å². The fraction of sp³-hybridized carbons (Fsp3) is 0.0968. The summed E-state index contributed by atoms with van der Waals surface area (Å²) in [5, 5.41) is 11.0.